The molecule has 0 aliphatic heterocycles. The van der Waals surface area contributed by atoms with E-state index in [4.69, 9.17) is 11.6 Å². The minimum atomic E-state index is 0.143. The van der Waals surface area contributed by atoms with Crippen molar-refractivity contribution in [1.82, 2.24) is 4.98 Å². The Bertz CT molecular complexity index is 406. The first-order chi connectivity index (χ1) is 7.41. The van der Waals surface area contributed by atoms with E-state index in [-0.39, 0.29) is 10.8 Å². The van der Waals surface area contributed by atoms with Gasteiger partial charge in [0.1, 0.15) is 5.82 Å². The van der Waals surface area contributed by atoms with Crippen molar-refractivity contribution in [2.24, 2.45) is 5.41 Å². The maximum Gasteiger partial charge on any atom is 0.126 e. The molecule has 0 amide bonds. The topological polar surface area (TPSA) is 24.9 Å². The molecule has 2 rings (SSSR count). The average molecular weight is 304 g/mol. The van der Waals surface area contributed by atoms with Crippen molar-refractivity contribution in [3.63, 3.8) is 0 Å². The quantitative estimate of drug-likeness (QED) is 0.836. The summed E-state index contributed by atoms with van der Waals surface area (Å²) in [7, 11) is 0. The Labute approximate surface area is 110 Å². The van der Waals surface area contributed by atoms with Crippen molar-refractivity contribution < 1.29 is 0 Å². The first-order valence-electron chi connectivity index (χ1n) is 5.44. The van der Waals surface area contributed by atoms with Crippen molar-refractivity contribution in [2.75, 3.05) is 5.32 Å². The highest BCUT2D eigenvalue weighted by Crippen LogP contribution is 2.45. The predicted octanol–water partition coefficient (Wildman–Crippen LogP) is 3.97. The Hall–Kier alpha value is -0.280. The molecule has 0 aromatic carbocycles. The van der Waals surface area contributed by atoms with Crippen LogP contribution in [0.25, 0.3) is 0 Å². The van der Waals surface area contributed by atoms with Crippen LogP contribution in [-0.2, 0) is 0 Å². The fourth-order valence-corrected chi connectivity index (χ4v) is 2.46. The monoisotopic (exact) mass is 302 g/mol. The molecule has 88 valence electrons. The molecule has 0 saturated heterocycles. The third kappa shape index (κ3) is 2.07. The van der Waals surface area contributed by atoms with Crippen LogP contribution >= 0.6 is 27.5 Å². The lowest BCUT2D eigenvalue weighted by molar-refractivity contribution is 0.168. The van der Waals surface area contributed by atoms with Gasteiger partial charge in [0, 0.05) is 27.5 Å². The van der Waals surface area contributed by atoms with Gasteiger partial charge in [0.05, 0.1) is 0 Å². The normalized spacial score (nSPS) is 27.3. The third-order valence-electron chi connectivity index (χ3n) is 3.52. The zero-order valence-corrected chi connectivity index (χ0v) is 12.1. The standard InChI is InChI=1S/C12H16BrClN2/c1-7-4-11(15-6-8(7)13)16-10-5-9(14)12(10,2)3/h4,6,9-10H,5H2,1-3H3,(H,15,16). The lowest BCUT2D eigenvalue weighted by Crippen LogP contribution is -2.54. The Morgan fingerprint density at radius 3 is 2.75 bits per heavy atom. The van der Waals surface area contributed by atoms with E-state index < -0.39 is 0 Å². The van der Waals surface area contributed by atoms with Gasteiger partial charge >= 0.3 is 0 Å². The molecule has 1 aromatic heterocycles. The van der Waals surface area contributed by atoms with E-state index in [9.17, 15) is 0 Å². The number of nitrogens with one attached hydrogen (secondary N) is 1. The zero-order valence-electron chi connectivity index (χ0n) is 9.72. The summed E-state index contributed by atoms with van der Waals surface area (Å²) in [5.41, 5.74) is 1.33. The maximum atomic E-state index is 6.19. The molecule has 1 saturated carbocycles. The summed E-state index contributed by atoms with van der Waals surface area (Å²) in [6.45, 7) is 6.45. The lowest BCUT2D eigenvalue weighted by Gasteiger charge is -2.49. The van der Waals surface area contributed by atoms with Gasteiger partial charge in [-0.05, 0) is 40.9 Å². The van der Waals surface area contributed by atoms with Gasteiger partial charge in [-0.15, -0.1) is 11.6 Å². The van der Waals surface area contributed by atoms with Crippen LogP contribution < -0.4 is 5.32 Å². The van der Waals surface area contributed by atoms with E-state index in [1.165, 1.54) is 5.56 Å². The lowest BCUT2D eigenvalue weighted by atomic mass is 9.67. The molecule has 2 unspecified atom stereocenters. The molecule has 0 bridgehead atoms. The van der Waals surface area contributed by atoms with Gasteiger partial charge < -0.3 is 5.32 Å². The van der Waals surface area contributed by atoms with Gasteiger partial charge in [0.15, 0.2) is 0 Å². The maximum absolute atomic E-state index is 6.19. The number of halogens is 2. The molecule has 2 atom stereocenters. The fraction of sp³-hybridized carbons (Fsp3) is 0.583. The van der Waals surface area contributed by atoms with Crippen LogP contribution in [0.5, 0.6) is 0 Å². The van der Waals surface area contributed by atoms with Crippen LogP contribution in [0, 0.1) is 12.3 Å². The zero-order chi connectivity index (χ0) is 11.9. The number of pyridine rings is 1. The fourth-order valence-electron chi connectivity index (χ4n) is 1.91. The number of nitrogens with zero attached hydrogens (tertiary/aromatic N) is 1. The summed E-state index contributed by atoms with van der Waals surface area (Å²) in [5, 5.41) is 3.72. The van der Waals surface area contributed by atoms with Gasteiger partial charge in [-0.3, -0.25) is 0 Å². The van der Waals surface area contributed by atoms with Crippen LogP contribution in [0.1, 0.15) is 25.8 Å². The van der Waals surface area contributed by atoms with E-state index >= 15 is 0 Å². The van der Waals surface area contributed by atoms with Crippen LogP contribution in [0.2, 0.25) is 0 Å². The highest BCUT2D eigenvalue weighted by Gasteiger charge is 2.47. The van der Waals surface area contributed by atoms with E-state index in [0.29, 0.717) is 6.04 Å². The molecule has 4 heteroatoms. The smallest absolute Gasteiger partial charge is 0.126 e. The van der Waals surface area contributed by atoms with Gasteiger partial charge in [-0.1, -0.05) is 13.8 Å². The van der Waals surface area contributed by atoms with Gasteiger partial charge in [0.2, 0.25) is 0 Å². The predicted molar refractivity (Wildman–Crippen MR) is 72.1 cm³/mol. The largest absolute Gasteiger partial charge is 0.367 e. The minimum absolute atomic E-state index is 0.143. The van der Waals surface area contributed by atoms with Gasteiger partial charge in [-0.25, -0.2) is 4.98 Å². The Morgan fingerprint density at radius 1 is 1.56 bits per heavy atom. The van der Waals surface area contributed by atoms with Crippen molar-refractivity contribution in [2.45, 2.75) is 38.6 Å². The molecular weight excluding hydrogens is 288 g/mol. The summed E-state index contributed by atoms with van der Waals surface area (Å²) in [6, 6.07) is 2.48. The molecule has 1 aromatic rings. The van der Waals surface area contributed by atoms with E-state index in [1.54, 1.807) is 0 Å². The molecule has 1 aliphatic carbocycles. The molecule has 1 fully saturated rings. The molecule has 1 heterocycles. The average Bonchev–Trinajstić information content (AvgIpc) is 2.23. The molecule has 0 radical (unpaired) electrons. The molecule has 2 nitrogen and oxygen atoms in total. The van der Waals surface area contributed by atoms with Crippen molar-refractivity contribution in [1.29, 1.82) is 0 Å². The number of hydrogen-bond acceptors (Lipinski definition) is 2. The number of alkyl halides is 1. The summed E-state index contributed by atoms with van der Waals surface area (Å²) in [6.07, 6.45) is 2.84. The number of aromatic nitrogens is 1. The summed E-state index contributed by atoms with van der Waals surface area (Å²) >= 11 is 9.64. The highest BCUT2D eigenvalue weighted by molar-refractivity contribution is 9.10. The highest BCUT2D eigenvalue weighted by atomic mass is 79.9. The second-order valence-electron chi connectivity index (χ2n) is 5.04. The third-order valence-corrected chi connectivity index (χ3v) is 5.09. The van der Waals surface area contributed by atoms with Gasteiger partial charge in [0.25, 0.3) is 0 Å². The molecular formula is C12H16BrClN2. The molecule has 1 aliphatic rings. The van der Waals surface area contributed by atoms with Crippen molar-refractivity contribution >= 4 is 33.3 Å². The number of rotatable bonds is 2. The Balaban J connectivity index is 2.08. The SMILES string of the molecule is Cc1cc(NC2CC(Cl)C2(C)C)ncc1Br. The number of aryl methyl sites for hydroxylation is 1. The first kappa shape index (κ1) is 12.2. The van der Waals surface area contributed by atoms with Crippen molar-refractivity contribution in [3.8, 4) is 0 Å². The molecule has 16 heavy (non-hydrogen) atoms. The second kappa shape index (κ2) is 4.19. The summed E-state index contributed by atoms with van der Waals surface area (Å²) in [4.78, 5) is 4.35. The minimum Gasteiger partial charge on any atom is -0.367 e. The molecule has 0 spiro atoms. The number of hydrogen-bond donors (Lipinski definition) is 1. The Kier molecular flexibility index (Phi) is 3.19. The summed E-state index contributed by atoms with van der Waals surface area (Å²) < 4.78 is 1.04. The second-order valence-corrected chi connectivity index (χ2v) is 6.42. The van der Waals surface area contributed by atoms with Crippen LogP contribution in [0.15, 0.2) is 16.7 Å². The van der Waals surface area contributed by atoms with Crippen LogP contribution in [0.3, 0.4) is 0 Å². The van der Waals surface area contributed by atoms with Crippen LogP contribution in [0.4, 0.5) is 5.82 Å². The van der Waals surface area contributed by atoms with Crippen LogP contribution in [-0.4, -0.2) is 16.4 Å². The number of anilines is 1. The first-order valence-corrected chi connectivity index (χ1v) is 6.67. The summed E-state index contributed by atoms with van der Waals surface area (Å²) in [5.74, 6) is 0.933. The van der Waals surface area contributed by atoms with Crippen molar-refractivity contribution in [3.05, 3.63) is 22.3 Å². The van der Waals surface area contributed by atoms with Gasteiger partial charge in [-0.2, -0.15) is 0 Å². The van der Waals surface area contributed by atoms with E-state index in [1.807, 2.05) is 6.20 Å². The Morgan fingerprint density at radius 2 is 2.25 bits per heavy atom. The molecule has 1 N–H and O–H groups in total. The van der Waals surface area contributed by atoms with E-state index in [0.717, 1.165) is 16.7 Å². The van der Waals surface area contributed by atoms with E-state index in [2.05, 4.69) is 53.1 Å².